The first-order valence-corrected chi connectivity index (χ1v) is 9.03. The van der Waals surface area contributed by atoms with Crippen LogP contribution in [0.5, 0.6) is 0 Å². The summed E-state index contributed by atoms with van der Waals surface area (Å²) in [6, 6.07) is 20.6. The first-order chi connectivity index (χ1) is 12.3. The maximum Gasteiger partial charge on any atom is 0.221 e. The Labute approximate surface area is 149 Å². The van der Waals surface area contributed by atoms with E-state index >= 15 is 0 Å². The van der Waals surface area contributed by atoms with Gasteiger partial charge in [0.15, 0.2) is 0 Å². The van der Waals surface area contributed by atoms with E-state index in [1.165, 1.54) is 5.56 Å². The van der Waals surface area contributed by atoms with E-state index in [1.807, 2.05) is 36.4 Å². The van der Waals surface area contributed by atoms with E-state index in [1.54, 1.807) is 0 Å². The van der Waals surface area contributed by atoms with Crippen molar-refractivity contribution in [2.24, 2.45) is 0 Å². The highest BCUT2D eigenvalue weighted by Gasteiger charge is 2.16. The number of para-hydroxylation sites is 1. The minimum absolute atomic E-state index is 0.0875. The second-order valence-corrected chi connectivity index (χ2v) is 6.43. The third-order valence-electron chi connectivity index (χ3n) is 4.50. The van der Waals surface area contributed by atoms with Gasteiger partial charge in [0.1, 0.15) is 0 Å². The fraction of sp³-hybridized carbons (Fsp3) is 0.381. The second kappa shape index (κ2) is 9.23. The molecule has 25 heavy (non-hydrogen) atoms. The molecule has 4 heteroatoms. The summed E-state index contributed by atoms with van der Waals surface area (Å²) in [6.45, 7) is 2.93. The molecule has 1 saturated heterocycles. The molecule has 1 aliphatic rings. The maximum absolute atomic E-state index is 12.2. The van der Waals surface area contributed by atoms with Crippen LogP contribution in [-0.4, -0.2) is 31.7 Å². The van der Waals surface area contributed by atoms with Gasteiger partial charge in [-0.05, 0) is 30.5 Å². The van der Waals surface area contributed by atoms with Gasteiger partial charge in [-0.1, -0.05) is 48.5 Å². The number of ether oxygens (including phenoxy) is 1. The van der Waals surface area contributed by atoms with E-state index in [0.717, 1.165) is 31.7 Å². The van der Waals surface area contributed by atoms with Gasteiger partial charge in [0.25, 0.3) is 0 Å². The smallest absolute Gasteiger partial charge is 0.221 e. The van der Waals surface area contributed by atoms with Gasteiger partial charge in [0, 0.05) is 38.3 Å². The van der Waals surface area contributed by atoms with E-state index in [4.69, 9.17) is 4.74 Å². The van der Waals surface area contributed by atoms with Crippen molar-refractivity contribution >= 4 is 11.6 Å². The van der Waals surface area contributed by atoms with E-state index in [0.29, 0.717) is 19.5 Å². The minimum atomic E-state index is 0.0875. The third-order valence-corrected chi connectivity index (χ3v) is 4.50. The summed E-state index contributed by atoms with van der Waals surface area (Å²) in [7, 11) is 0. The van der Waals surface area contributed by atoms with E-state index in [9.17, 15) is 4.79 Å². The molecule has 2 aromatic carbocycles. The highest BCUT2D eigenvalue weighted by atomic mass is 16.5. The van der Waals surface area contributed by atoms with Crippen LogP contribution < -0.4 is 10.2 Å². The van der Waals surface area contributed by atoms with Gasteiger partial charge in [-0.3, -0.25) is 4.79 Å². The molecule has 1 aliphatic heterocycles. The number of nitrogens with one attached hydrogen (secondary N) is 1. The van der Waals surface area contributed by atoms with E-state index < -0.39 is 0 Å². The molecule has 4 nitrogen and oxygen atoms in total. The molecular formula is C21H26N2O2. The standard InChI is InChI=1S/C21H26N2O2/c24-21(22-16-20-12-7-15-25-20)13-14-23(19-10-5-2-6-11-19)17-18-8-3-1-4-9-18/h1-6,8-11,20H,7,12-17H2,(H,22,24). The van der Waals surface area contributed by atoms with Gasteiger partial charge < -0.3 is 15.0 Å². The van der Waals surface area contributed by atoms with Crippen LogP contribution in [-0.2, 0) is 16.1 Å². The molecule has 1 amide bonds. The zero-order chi connectivity index (χ0) is 17.3. The number of carbonyl (C=O) groups excluding carboxylic acids is 1. The highest BCUT2D eigenvalue weighted by molar-refractivity contribution is 5.76. The predicted molar refractivity (Wildman–Crippen MR) is 101 cm³/mol. The molecule has 3 rings (SSSR count). The average molecular weight is 338 g/mol. The normalized spacial score (nSPS) is 16.6. The van der Waals surface area contributed by atoms with Crippen molar-refractivity contribution in [3.8, 4) is 0 Å². The number of anilines is 1. The molecule has 0 aliphatic carbocycles. The van der Waals surface area contributed by atoms with Crippen molar-refractivity contribution in [2.75, 3.05) is 24.6 Å². The molecule has 1 unspecified atom stereocenters. The molecular weight excluding hydrogens is 312 g/mol. The number of nitrogens with zero attached hydrogens (tertiary/aromatic N) is 1. The molecule has 132 valence electrons. The van der Waals surface area contributed by atoms with Crippen LogP contribution in [0, 0.1) is 0 Å². The molecule has 1 atom stereocenters. The Morgan fingerprint density at radius 2 is 1.80 bits per heavy atom. The average Bonchev–Trinajstić information content (AvgIpc) is 3.18. The zero-order valence-electron chi connectivity index (χ0n) is 14.6. The van der Waals surface area contributed by atoms with Crippen LogP contribution in [0.15, 0.2) is 60.7 Å². The number of rotatable bonds is 8. The second-order valence-electron chi connectivity index (χ2n) is 6.43. The Morgan fingerprint density at radius 1 is 1.08 bits per heavy atom. The Hall–Kier alpha value is -2.33. The van der Waals surface area contributed by atoms with Gasteiger partial charge in [-0.2, -0.15) is 0 Å². The van der Waals surface area contributed by atoms with E-state index in [-0.39, 0.29) is 12.0 Å². The van der Waals surface area contributed by atoms with Crippen LogP contribution in [0.1, 0.15) is 24.8 Å². The van der Waals surface area contributed by atoms with E-state index in [2.05, 4.69) is 34.5 Å². The number of benzene rings is 2. The van der Waals surface area contributed by atoms with Crippen LogP contribution >= 0.6 is 0 Å². The zero-order valence-corrected chi connectivity index (χ0v) is 14.6. The summed E-state index contributed by atoms with van der Waals surface area (Å²) >= 11 is 0. The Morgan fingerprint density at radius 3 is 2.48 bits per heavy atom. The van der Waals surface area contributed by atoms with Crippen molar-refractivity contribution < 1.29 is 9.53 Å². The summed E-state index contributed by atoms with van der Waals surface area (Å²) in [4.78, 5) is 14.4. The monoisotopic (exact) mass is 338 g/mol. The third kappa shape index (κ3) is 5.61. The summed E-state index contributed by atoms with van der Waals surface area (Å²) in [6.07, 6.45) is 2.82. The van der Waals surface area contributed by atoms with Crippen molar-refractivity contribution in [3.05, 3.63) is 66.2 Å². The lowest BCUT2D eigenvalue weighted by atomic mass is 10.2. The Balaban J connectivity index is 1.54. The van der Waals surface area contributed by atoms with Crippen LogP contribution in [0.2, 0.25) is 0 Å². The van der Waals surface area contributed by atoms with Gasteiger partial charge in [0.05, 0.1) is 6.10 Å². The van der Waals surface area contributed by atoms with Crippen LogP contribution in [0.3, 0.4) is 0 Å². The fourth-order valence-electron chi connectivity index (χ4n) is 3.10. The predicted octanol–water partition coefficient (Wildman–Crippen LogP) is 3.38. The van der Waals surface area contributed by atoms with Crippen molar-refractivity contribution in [2.45, 2.75) is 31.9 Å². The lowest BCUT2D eigenvalue weighted by Crippen LogP contribution is -2.34. The molecule has 0 saturated carbocycles. The molecule has 0 aromatic heterocycles. The van der Waals surface area contributed by atoms with Crippen molar-refractivity contribution in [3.63, 3.8) is 0 Å². The number of carbonyl (C=O) groups is 1. The largest absolute Gasteiger partial charge is 0.376 e. The maximum atomic E-state index is 12.2. The summed E-state index contributed by atoms with van der Waals surface area (Å²) in [5.41, 5.74) is 2.38. The molecule has 1 fully saturated rings. The van der Waals surface area contributed by atoms with Gasteiger partial charge in [-0.25, -0.2) is 0 Å². The van der Waals surface area contributed by atoms with Gasteiger partial charge in [-0.15, -0.1) is 0 Å². The summed E-state index contributed by atoms with van der Waals surface area (Å²) < 4.78 is 5.55. The Bertz CT molecular complexity index is 639. The number of amides is 1. The Kier molecular flexibility index (Phi) is 6.46. The van der Waals surface area contributed by atoms with Gasteiger partial charge >= 0.3 is 0 Å². The van der Waals surface area contributed by atoms with Crippen molar-refractivity contribution in [1.82, 2.24) is 5.32 Å². The van der Waals surface area contributed by atoms with Crippen LogP contribution in [0.25, 0.3) is 0 Å². The number of hydrogen-bond acceptors (Lipinski definition) is 3. The van der Waals surface area contributed by atoms with Gasteiger partial charge in [0.2, 0.25) is 5.91 Å². The first kappa shape index (κ1) is 17.5. The molecule has 1 N–H and O–H groups in total. The molecule has 0 spiro atoms. The molecule has 2 aromatic rings. The first-order valence-electron chi connectivity index (χ1n) is 9.03. The molecule has 0 bridgehead atoms. The molecule has 0 radical (unpaired) electrons. The topological polar surface area (TPSA) is 41.6 Å². The lowest BCUT2D eigenvalue weighted by Gasteiger charge is -2.25. The SMILES string of the molecule is O=C(CCN(Cc1ccccc1)c1ccccc1)NCC1CCCO1. The summed E-state index contributed by atoms with van der Waals surface area (Å²) in [5, 5.41) is 3.00. The highest BCUT2D eigenvalue weighted by Crippen LogP contribution is 2.17. The van der Waals surface area contributed by atoms with Crippen molar-refractivity contribution in [1.29, 1.82) is 0 Å². The number of hydrogen-bond donors (Lipinski definition) is 1. The summed E-state index contributed by atoms with van der Waals surface area (Å²) in [5.74, 6) is 0.0875. The quantitative estimate of drug-likeness (QED) is 0.802. The molecule has 1 heterocycles. The lowest BCUT2D eigenvalue weighted by molar-refractivity contribution is -0.121. The van der Waals surface area contributed by atoms with Crippen LogP contribution in [0.4, 0.5) is 5.69 Å². The minimum Gasteiger partial charge on any atom is -0.376 e. The fourth-order valence-corrected chi connectivity index (χ4v) is 3.10.